The lowest BCUT2D eigenvalue weighted by molar-refractivity contribution is -0.132. The Labute approximate surface area is 105 Å². The lowest BCUT2D eigenvalue weighted by Gasteiger charge is -2.30. The minimum atomic E-state index is -0.146. The van der Waals surface area contributed by atoms with Gasteiger partial charge in [-0.2, -0.15) is 0 Å². The summed E-state index contributed by atoms with van der Waals surface area (Å²) in [6, 6.07) is 0.377. The van der Waals surface area contributed by atoms with Crippen LogP contribution in [0.3, 0.4) is 0 Å². The fraction of sp³-hybridized carbons (Fsp3) is 0.929. The molecule has 17 heavy (non-hydrogen) atoms. The lowest BCUT2D eigenvalue weighted by atomic mass is 10.0. The van der Waals surface area contributed by atoms with E-state index in [-0.39, 0.29) is 11.7 Å². The summed E-state index contributed by atoms with van der Waals surface area (Å²) in [5.41, 5.74) is -0.146. The normalized spacial score (nSPS) is 28.2. The van der Waals surface area contributed by atoms with Crippen molar-refractivity contribution >= 4 is 5.91 Å². The van der Waals surface area contributed by atoms with Gasteiger partial charge < -0.3 is 4.90 Å². The third kappa shape index (κ3) is 2.35. The van der Waals surface area contributed by atoms with Crippen LogP contribution in [-0.2, 0) is 4.79 Å². The smallest absolute Gasteiger partial charge is 0.244 e. The Balaban J connectivity index is 2.00. The Hall–Kier alpha value is -0.570. The van der Waals surface area contributed by atoms with Crippen LogP contribution in [0.1, 0.15) is 59.8 Å². The standard InChI is InChI=1S/C14H26N2O/c1-5-12-15-14(8-9-14)13(17)16(12)11(4)7-6-10(2)3/h10-12,15H,5-9H2,1-4H3. The molecule has 2 atom stereocenters. The van der Waals surface area contributed by atoms with Gasteiger partial charge in [-0.15, -0.1) is 0 Å². The first-order valence-electron chi connectivity index (χ1n) is 7.10. The SMILES string of the molecule is CCC1NC2(CC2)C(=O)N1C(C)CCC(C)C. The molecule has 1 amide bonds. The van der Waals surface area contributed by atoms with Crippen molar-refractivity contribution in [3.63, 3.8) is 0 Å². The average molecular weight is 238 g/mol. The van der Waals surface area contributed by atoms with Crippen molar-refractivity contribution in [2.75, 3.05) is 0 Å². The summed E-state index contributed by atoms with van der Waals surface area (Å²) in [5.74, 6) is 1.08. The molecular weight excluding hydrogens is 212 g/mol. The van der Waals surface area contributed by atoms with Gasteiger partial charge in [-0.25, -0.2) is 0 Å². The van der Waals surface area contributed by atoms with Gasteiger partial charge in [-0.1, -0.05) is 20.8 Å². The zero-order chi connectivity index (χ0) is 12.6. The minimum Gasteiger partial charge on any atom is -0.323 e. The zero-order valence-electron chi connectivity index (χ0n) is 11.6. The molecule has 2 unspecified atom stereocenters. The van der Waals surface area contributed by atoms with E-state index in [4.69, 9.17) is 0 Å². The number of hydrogen-bond donors (Lipinski definition) is 1. The van der Waals surface area contributed by atoms with Gasteiger partial charge in [0.15, 0.2) is 0 Å². The summed E-state index contributed by atoms with van der Waals surface area (Å²) < 4.78 is 0. The predicted molar refractivity (Wildman–Crippen MR) is 69.6 cm³/mol. The number of hydrogen-bond acceptors (Lipinski definition) is 2. The number of carbonyl (C=O) groups is 1. The molecule has 3 nitrogen and oxygen atoms in total. The molecule has 1 spiro atoms. The Morgan fingerprint density at radius 1 is 1.35 bits per heavy atom. The largest absolute Gasteiger partial charge is 0.323 e. The number of nitrogens with one attached hydrogen (secondary N) is 1. The number of rotatable bonds is 5. The van der Waals surface area contributed by atoms with E-state index < -0.39 is 0 Å². The molecule has 98 valence electrons. The van der Waals surface area contributed by atoms with Gasteiger partial charge >= 0.3 is 0 Å². The molecule has 0 radical (unpaired) electrons. The van der Waals surface area contributed by atoms with E-state index in [0.29, 0.717) is 11.9 Å². The van der Waals surface area contributed by atoms with E-state index in [0.717, 1.165) is 31.6 Å². The van der Waals surface area contributed by atoms with E-state index in [1.807, 2.05) is 0 Å². The van der Waals surface area contributed by atoms with Gasteiger partial charge in [0.05, 0.1) is 11.7 Å². The molecule has 0 aromatic rings. The maximum absolute atomic E-state index is 12.4. The minimum absolute atomic E-state index is 0.146. The van der Waals surface area contributed by atoms with E-state index in [1.54, 1.807) is 0 Å². The summed E-state index contributed by atoms with van der Waals surface area (Å²) in [6.45, 7) is 8.85. The fourth-order valence-corrected chi connectivity index (χ4v) is 2.84. The summed E-state index contributed by atoms with van der Waals surface area (Å²) in [6.07, 6.45) is 5.68. The Bertz CT molecular complexity index is 297. The molecule has 1 heterocycles. The average Bonchev–Trinajstić information content (AvgIpc) is 2.99. The van der Waals surface area contributed by atoms with Crippen LogP contribution in [0.5, 0.6) is 0 Å². The van der Waals surface area contributed by atoms with Crippen LogP contribution in [0.25, 0.3) is 0 Å². The Morgan fingerprint density at radius 2 is 2.00 bits per heavy atom. The molecule has 0 aromatic heterocycles. The second-order valence-electron chi connectivity index (χ2n) is 6.18. The van der Waals surface area contributed by atoms with Gasteiger partial charge in [0.25, 0.3) is 0 Å². The second-order valence-corrected chi connectivity index (χ2v) is 6.18. The molecule has 1 saturated carbocycles. The first kappa shape index (κ1) is 12.9. The van der Waals surface area contributed by atoms with Gasteiger partial charge in [-0.05, 0) is 44.9 Å². The molecule has 2 rings (SSSR count). The van der Waals surface area contributed by atoms with Crippen molar-refractivity contribution in [3.05, 3.63) is 0 Å². The molecule has 1 aliphatic heterocycles. The maximum atomic E-state index is 12.4. The topological polar surface area (TPSA) is 32.3 Å². The molecule has 1 saturated heterocycles. The van der Waals surface area contributed by atoms with Gasteiger partial charge in [-0.3, -0.25) is 10.1 Å². The Morgan fingerprint density at radius 3 is 2.47 bits per heavy atom. The summed E-state index contributed by atoms with van der Waals surface area (Å²) in [4.78, 5) is 14.5. The van der Waals surface area contributed by atoms with Crippen LogP contribution in [0.15, 0.2) is 0 Å². The second kappa shape index (κ2) is 4.60. The van der Waals surface area contributed by atoms with E-state index in [1.165, 1.54) is 6.42 Å². The van der Waals surface area contributed by atoms with Crippen LogP contribution < -0.4 is 5.32 Å². The first-order chi connectivity index (χ1) is 8.00. The third-order valence-corrected chi connectivity index (χ3v) is 4.20. The molecular formula is C14H26N2O. The van der Waals surface area contributed by atoms with Crippen molar-refractivity contribution in [2.24, 2.45) is 5.92 Å². The molecule has 3 heteroatoms. The molecule has 0 bridgehead atoms. The van der Waals surface area contributed by atoms with Crippen LogP contribution in [0.2, 0.25) is 0 Å². The van der Waals surface area contributed by atoms with Gasteiger partial charge in [0.2, 0.25) is 5.91 Å². The van der Waals surface area contributed by atoms with Crippen molar-refractivity contribution < 1.29 is 4.79 Å². The zero-order valence-corrected chi connectivity index (χ0v) is 11.6. The van der Waals surface area contributed by atoms with E-state index in [9.17, 15) is 4.79 Å². The van der Waals surface area contributed by atoms with Gasteiger partial charge in [0.1, 0.15) is 0 Å². The van der Waals surface area contributed by atoms with Crippen molar-refractivity contribution in [1.82, 2.24) is 10.2 Å². The van der Waals surface area contributed by atoms with Gasteiger partial charge in [0, 0.05) is 6.04 Å². The highest BCUT2D eigenvalue weighted by molar-refractivity contribution is 5.92. The highest BCUT2D eigenvalue weighted by atomic mass is 16.2. The highest BCUT2D eigenvalue weighted by Gasteiger charge is 2.59. The number of nitrogens with zero attached hydrogens (tertiary/aromatic N) is 1. The van der Waals surface area contributed by atoms with E-state index >= 15 is 0 Å². The van der Waals surface area contributed by atoms with Crippen LogP contribution >= 0.6 is 0 Å². The molecule has 1 N–H and O–H groups in total. The van der Waals surface area contributed by atoms with Crippen molar-refractivity contribution in [1.29, 1.82) is 0 Å². The van der Waals surface area contributed by atoms with Crippen LogP contribution in [0, 0.1) is 5.92 Å². The molecule has 1 aliphatic carbocycles. The quantitative estimate of drug-likeness (QED) is 0.798. The van der Waals surface area contributed by atoms with E-state index in [2.05, 4.69) is 37.9 Å². The monoisotopic (exact) mass is 238 g/mol. The molecule has 2 aliphatic rings. The maximum Gasteiger partial charge on any atom is 0.244 e. The van der Waals surface area contributed by atoms with Crippen molar-refractivity contribution in [2.45, 2.75) is 77.5 Å². The molecule has 2 fully saturated rings. The number of carbonyl (C=O) groups excluding carboxylic acids is 1. The predicted octanol–water partition coefficient (Wildman–Crippen LogP) is 2.51. The third-order valence-electron chi connectivity index (χ3n) is 4.20. The fourth-order valence-electron chi connectivity index (χ4n) is 2.84. The number of amides is 1. The Kier molecular flexibility index (Phi) is 3.48. The highest BCUT2D eigenvalue weighted by Crippen LogP contribution is 2.43. The molecule has 0 aromatic carbocycles. The summed E-state index contributed by atoms with van der Waals surface area (Å²) in [7, 11) is 0. The summed E-state index contributed by atoms with van der Waals surface area (Å²) >= 11 is 0. The first-order valence-corrected chi connectivity index (χ1v) is 7.10. The summed E-state index contributed by atoms with van der Waals surface area (Å²) in [5, 5.41) is 3.54. The van der Waals surface area contributed by atoms with Crippen LogP contribution in [-0.4, -0.2) is 28.6 Å². The van der Waals surface area contributed by atoms with Crippen LogP contribution in [0.4, 0.5) is 0 Å². The van der Waals surface area contributed by atoms with Crippen molar-refractivity contribution in [3.8, 4) is 0 Å². The lowest BCUT2D eigenvalue weighted by Crippen LogP contribution is -2.43.